The summed E-state index contributed by atoms with van der Waals surface area (Å²) >= 11 is 3.35. The van der Waals surface area contributed by atoms with Crippen LogP contribution in [0.5, 0.6) is 0 Å². The molecule has 0 spiro atoms. The molecular weight excluding hydrogens is 410 g/mol. The highest BCUT2D eigenvalue weighted by Gasteiger charge is 2.58. The monoisotopic (exact) mass is 425 g/mol. The summed E-state index contributed by atoms with van der Waals surface area (Å²) in [5, 5.41) is 5.89. The second kappa shape index (κ2) is 6.42. The second-order valence-corrected chi connectivity index (χ2v) is 7.50. The molecule has 4 rings (SSSR count). The highest BCUT2D eigenvalue weighted by atomic mass is 79.9. The van der Waals surface area contributed by atoms with E-state index in [9.17, 15) is 14.4 Å². The molecule has 0 N–H and O–H groups in total. The van der Waals surface area contributed by atoms with Gasteiger partial charge in [-0.05, 0) is 42.8 Å². The van der Waals surface area contributed by atoms with Gasteiger partial charge in [0.05, 0.1) is 11.4 Å². The zero-order valence-corrected chi connectivity index (χ0v) is 16.3. The summed E-state index contributed by atoms with van der Waals surface area (Å²) in [6, 6.07) is 13.5. The molecule has 0 aliphatic carbocycles. The van der Waals surface area contributed by atoms with Crippen LogP contribution in [0.4, 0.5) is 11.4 Å². The van der Waals surface area contributed by atoms with Crippen molar-refractivity contribution in [2.45, 2.75) is 19.9 Å². The molecule has 0 aromatic heterocycles. The van der Waals surface area contributed by atoms with Gasteiger partial charge in [0.15, 0.2) is 5.78 Å². The van der Waals surface area contributed by atoms with Crippen LogP contribution in [0.25, 0.3) is 0 Å². The zero-order valence-electron chi connectivity index (χ0n) is 14.7. The van der Waals surface area contributed by atoms with E-state index in [0.717, 1.165) is 14.9 Å². The normalized spacial score (nSPS) is 21.5. The molecule has 6 nitrogen and oxygen atoms in total. The lowest BCUT2D eigenvalue weighted by Crippen LogP contribution is -2.39. The molecule has 2 aliphatic heterocycles. The van der Waals surface area contributed by atoms with Gasteiger partial charge in [-0.1, -0.05) is 34.1 Å². The van der Waals surface area contributed by atoms with Crippen molar-refractivity contribution in [3.05, 3.63) is 58.6 Å². The zero-order chi connectivity index (χ0) is 19.3. The van der Waals surface area contributed by atoms with Crippen molar-refractivity contribution in [1.29, 1.82) is 0 Å². The molecule has 0 bridgehead atoms. The first-order chi connectivity index (χ1) is 12.9. The molecule has 0 saturated carbocycles. The fourth-order valence-electron chi connectivity index (χ4n) is 3.57. The van der Waals surface area contributed by atoms with Crippen LogP contribution in [0, 0.1) is 12.8 Å². The Morgan fingerprint density at radius 1 is 1.04 bits per heavy atom. The van der Waals surface area contributed by atoms with Crippen LogP contribution in [-0.2, 0) is 14.4 Å². The number of Topliss-reactive ketones (excluding diaryl/α,β-unsaturated/α-hetero) is 1. The van der Waals surface area contributed by atoms with Crippen LogP contribution in [0.2, 0.25) is 0 Å². The standard InChI is InChI=1S/C20H16BrN3O3/c1-11-5-3-4-6-15(11)24-18-16(17(22-24)12(2)25)19(26)23(20(18)27)14-9-7-13(21)8-10-14/h3-10,16,18H,1-2H3/t16-,18+/m0/s1. The number of aryl methyl sites for hydroxylation is 1. The number of anilines is 2. The Morgan fingerprint density at radius 2 is 1.70 bits per heavy atom. The van der Waals surface area contributed by atoms with Crippen molar-refractivity contribution in [3.8, 4) is 0 Å². The number of nitrogens with zero attached hydrogens (tertiary/aromatic N) is 3. The summed E-state index contributed by atoms with van der Waals surface area (Å²) in [6.45, 7) is 3.27. The van der Waals surface area contributed by atoms with E-state index in [0.29, 0.717) is 11.4 Å². The fourth-order valence-corrected chi connectivity index (χ4v) is 3.83. The average molecular weight is 426 g/mol. The molecular formula is C20H16BrN3O3. The maximum absolute atomic E-state index is 13.2. The van der Waals surface area contributed by atoms with Gasteiger partial charge in [0.25, 0.3) is 5.91 Å². The number of halogens is 1. The van der Waals surface area contributed by atoms with E-state index in [4.69, 9.17) is 0 Å². The molecule has 1 fully saturated rings. The minimum Gasteiger partial charge on any atom is -0.293 e. The summed E-state index contributed by atoms with van der Waals surface area (Å²) < 4.78 is 0.845. The van der Waals surface area contributed by atoms with E-state index < -0.39 is 17.9 Å². The molecule has 2 aromatic carbocycles. The largest absolute Gasteiger partial charge is 0.293 e. The van der Waals surface area contributed by atoms with E-state index in [1.807, 2.05) is 31.2 Å². The van der Waals surface area contributed by atoms with Crippen LogP contribution in [-0.4, -0.2) is 29.4 Å². The first-order valence-electron chi connectivity index (χ1n) is 8.48. The predicted octanol–water partition coefficient (Wildman–Crippen LogP) is 3.08. The van der Waals surface area contributed by atoms with Crippen molar-refractivity contribution in [2.24, 2.45) is 11.0 Å². The number of carbonyl (C=O) groups excluding carboxylic acids is 3. The summed E-state index contributed by atoms with van der Waals surface area (Å²) in [7, 11) is 0. The molecule has 7 heteroatoms. The third-order valence-corrected chi connectivity index (χ3v) is 5.39. The SMILES string of the molecule is CC(=O)C1=NN(c2ccccc2C)[C@H]2C(=O)N(c3ccc(Br)cc3)C(=O)[C@@H]12. The van der Waals surface area contributed by atoms with E-state index in [2.05, 4.69) is 21.0 Å². The number of fused-ring (bicyclic) bond motifs is 1. The lowest BCUT2D eigenvalue weighted by atomic mass is 9.95. The van der Waals surface area contributed by atoms with Crippen molar-refractivity contribution in [2.75, 3.05) is 9.91 Å². The Bertz CT molecular complexity index is 1000. The van der Waals surface area contributed by atoms with Crippen LogP contribution in [0.3, 0.4) is 0 Å². The highest BCUT2D eigenvalue weighted by molar-refractivity contribution is 9.10. The van der Waals surface area contributed by atoms with Crippen molar-refractivity contribution in [3.63, 3.8) is 0 Å². The third-order valence-electron chi connectivity index (χ3n) is 4.86. The summed E-state index contributed by atoms with van der Waals surface area (Å²) in [4.78, 5) is 39.6. The van der Waals surface area contributed by atoms with Gasteiger partial charge in [-0.3, -0.25) is 19.4 Å². The van der Waals surface area contributed by atoms with Gasteiger partial charge in [0, 0.05) is 11.4 Å². The number of benzene rings is 2. The number of carbonyl (C=O) groups is 3. The van der Waals surface area contributed by atoms with Gasteiger partial charge < -0.3 is 0 Å². The van der Waals surface area contributed by atoms with E-state index in [1.165, 1.54) is 11.9 Å². The molecule has 1 saturated heterocycles. The van der Waals surface area contributed by atoms with Crippen molar-refractivity contribution < 1.29 is 14.4 Å². The minimum atomic E-state index is -0.891. The summed E-state index contributed by atoms with van der Waals surface area (Å²) in [5.41, 5.74) is 2.23. The number of para-hydroxylation sites is 1. The molecule has 0 radical (unpaired) electrons. The Kier molecular flexibility index (Phi) is 4.19. The van der Waals surface area contributed by atoms with E-state index in [1.54, 1.807) is 24.3 Å². The molecule has 2 atom stereocenters. The number of hydrogen-bond acceptors (Lipinski definition) is 5. The summed E-state index contributed by atoms with van der Waals surface area (Å²) in [5.74, 6) is -1.99. The van der Waals surface area contributed by atoms with Gasteiger partial charge in [-0.2, -0.15) is 5.10 Å². The van der Waals surface area contributed by atoms with Crippen LogP contribution in [0.1, 0.15) is 12.5 Å². The topological polar surface area (TPSA) is 70.1 Å². The Labute approximate surface area is 164 Å². The molecule has 2 aromatic rings. The molecule has 0 unspecified atom stereocenters. The Hall–Kier alpha value is -2.80. The maximum atomic E-state index is 13.2. The number of hydrogen-bond donors (Lipinski definition) is 0. The highest BCUT2D eigenvalue weighted by Crippen LogP contribution is 2.39. The molecule has 2 heterocycles. The fraction of sp³-hybridized carbons (Fsp3) is 0.200. The van der Waals surface area contributed by atoms with Gasteiger partial charge >= 0.3 is 0 Å². The van der Waals surface area contributed by atoms with Crippen LogP contribution < -0.4 is 9.91 Å². The van der Waals surface area contributed by atoms with Gasteiger partial charge in [0.1, 0.15) is 17.7 Å². The first kappa shape index (κ1) is 17.6. The molecule has 136 valence electrons. The van der Waals surface area contributed by atoms with Crippen LogP contribution in [0.15, 0.2) is 58.1 Å². The van der Waals surface area contributed by atoms with Crippen LogP contribution >= 0.6 is 15.9 Å². The number of imide groups is 1. The Balaban J connectivity index is 1.82. The Morgan fingerprint density at radius 3 is 2.33 bits per heavy atom. The number of rotatable bonds is 3. The number of amides is 2. The quantitative estimate of drug-likeness (QED) is 0.708. The number of ketones is 1. The molecule has 27 heavy (non-hydrogen) atoms. The first-order valence-corrected chi connectivity index (χ1v) is 9.27. The predicted molar refractivity (Wildman–Crippen MR) is 106 cm³/mol. The van der Waals surface area contributed by atoms with Crippen molar-refractivity contribution in [1.82, 2.24) is 0 Å². The molecule has 2 amide bonds. The van der Waals surface area contributed by atoms with E-state index >= 15 is 0 Å². The van der Waals surface area contributed by atoms with E-state index in [-0.39, 0.29) is 17.4 Å². The summed E-state index contributed by atoms with van der Waals surface area (Å²) in [6.07, 6.45) is 0. The van der Waals surface area contributed by atoms with Crippen molar-refractivity contribution >= 4 is 50.6 Å². The lowest BCUT2D eigenvalue weighted by molar-refractivity contribution is -0.122. The maximum Gasteiger partial charge on any atom is 0.259 e. The number of hydrazone groups is 1. The van der Waals surface area contributed by atoms with Gasteiger partial charge in [-0.15, -0.1) is 0 Å². The average Bonchev–Trinajstić information content (AvgIpc) is 3.14. The second-order valence-electron chi connectivity index (χ2n) is 6.58. The lowest BCUT2D eigenvalue weighted by Gasteiger charge is -2.23. The minimum absolute atomic E-state index is 0.126. The van der Waals surface area contributed by atoms with Gasteiger partial charge in [-0.25, -0.2) is 4.90 Å². The smallest absolute Gasteiger partial charge is 0.259 e. The van der Waals surface area contributed by atoms with Gasteiger partial charge in [0.2, 0.25) is 5.91 Å². The third kappa shape index (κ3) is 2.70. The molecule has 2 aliphatic rings.